The average Bonchev–Trinajstić information content (AvgIpc) is 2.53. The fourth-order valence-corrected chi connectivity index (χ4v) is 2.48. The summed E-state index contributed by atoms with van der Waals surface area (Å²) in [5.41, 5.74) is 1.64. The van der Waals surface area contributed by atoms with Crippen LogP contribution in [0.15, 0.2) is 12.1 Å². The molecule has 0 saturated carbocycles. The zero-order chi connectivity index (χ0) is 12.3. The second-order valence-corrected chi connectivity index (χ2v) is 4.86. The van der Waals surface area contributed by atoms with Gasteiger partial charge in [0.1, 0.15) is 5.82 Å². The summed E-state index contributed by atoms with van der Waals surface area (Å²) >= 11 is 0. The lowest BCUT2D eigenvalue weighted by Crippen LogP contribution is -2.33. The number of hydrogen-bond donors (Lipinski definition) is 0. The predicted molar refractivity (Wildman–Crippen MR) is 69.0 cm³/mol. The molecule has 0 amide bonds. The smallest absolute Gasteiger partial charge is 0.130 e. The Morgan fingerprint density at radius 1 is 1.35 bits per heavy atom. The Morgan fingerprint density at radius 2 is 2.18 bits per heavy atom. The van der Waals surface area contributed by atoms with Crippen LogP contribution in [-0.4, -0.2) is 17.6 Å². The SMILES string of the molecule is Cc1cc(C#N)cc(N2CCCCCC2C)n1. The van der Waals surface area contributed by atoms with Gasteiger partial charge in [0.05, 0.1) is 11.6 Å². The largest absolute Gasteiger partial charge is 0.354 e. The van der Waals surface area contributed by atoms with Crippen LogP contribution >= 0.6 is 0 Å². The lowest BCUT2D eigenvalue weighted by atomic mass is 10.1. The van der Waals surface area contributed by atoms with E-state index in [9.17, 15) is 0 Å². The van der Waals surface area contributed by atoms with Crippen molar-refractivity contribution < 1.29 is 0 Å². The molecule has 0 aromatic carbocycles. The topological polar surface area (TPSA) is 39.9 Å². The van der Waals surface area contributed by atoms with Crippen LogP contribution in [0.2, 0.25) is 0 Å². The number of nitriles is 1. The minimum absolute atomic E-state index is 0.526. The van der Waals surface area contributed by atoms with Gasteiger partial charge in [0.25, 0.3) is 0 Å². The van der Waals surface area contributed by atoms with E-state index in [0.717, 1.165) is 18.1 Å². The van der Waals surface area contributed by atoms with Crippen molar-refractivity contribution in [3.63, 3.8) is 0 Å². The molecule has 1 aromatic rings. The van der Waals surface area contributed by atoms with E-state index in [1.54, 1.807) is 0 Å². The fraction of sp³-hybridized carbons (Fsp3) is 0.571. The van der Waals surface area contributed by atoms with E-state index in [4.69, 9.17) is 5.26 Å². The molecule has 17 heavy (non-hydrogen) atoms. The van der Waals surface area contributed by atoms with Gasteiger partial charge in [-0.2, -0.15) is 5.26 Å². The summed E-state index contributed by atoms with van der Waals surface area (Å²) in [6.07, 6.45) is 5.05. The highest BCUT2D eigenvalue weighted by atomic mass is 15.2. The molecule has 1 aliphatic rings. The summed E-state index contributed by atoms with van der Waals surface area (Å²) in [7, 11) is 0. The molecule has 90 valence electrons. The van der Waals surface area contributed by atoms with Crippen molar-refractivity contribution in [1.82, 2.24) is 4.98 Å². The quantitative estimate of drug-likeness (QED) is 0.743. The minimum atomic E-state index is 0.526. The number of aryl methyl sites for hydroxylation is 1. The van der Waals surface area contributed by atoms with Crippen LogP contribution in [0.25, 0.3) is 0 Å². The second-order valence-electron chi connectivity index (χ2n) is 4.86. The highest BCUT2D eigenvalue weighted by Gasteiger charge is 2.18. The summed E-state index contributed by atoms with van der Waals surface area (Å²) < 4.78 is 0. The molecular formula is C14H19N3. The molecule has 1 aromatic heterocycles. The van der Waals surface area contributed by atoms with Crippen molar-refractivity contribution in [2.24, 2.45) is 0 Å². The third-order valence-corrected chi connectivity index (χ3v) is 3.42. The number of nitrogens with zero attached hydrogens (tertiary/aromatic N) is 3. The lowest BCUT2D eigenvalue weighted by Gasteiger charge is -2.28. The molecule has 0 bridgehead atoms. The van der Waals surface area contributed by atoms with Crippen molar-refractivity contribution in [3.8, 4) is 6.07 Å². The molecule has 0 radical (unpaired) electrons. The molecule has 2 rings (SSSR count). The molecule has 1 aliphatic heterocycles. The van der Waals surface area contributed by atoms with Crippen molar-refractivity contribution in [2.45, 2.75) is 45.6 Å². The van der Waals surface area contributed by atoms with E-state index in [-0.39, 0.29) is 0 Å². The zero-order valence-corrected chi connectivity index (χ0v) is 10.6. The molecule has 0 aliphatic carbocycles. The van der Waals surface area contributed by atoms with Gasteiger partial charge in [-0.25, -0.2) is 4.98 Å². The van der Waals surface area contributed by atoms with E-state index >= 15 is 0 Å². The first kappa shape index (κ1) is 11.9. The number of anilines is 1. The third kappa shape index (κ3) is 2.76. The van der Waals surface area contributed by atoms with Crippen molar-refractivity contribution >= 4 is 5.82 Å². The van der Waals surface area contributed by atoms with E-state index in [1.165, 1.54) is 25.7 Å². The first-order valence-electron chi connectivity index (χ1n) is 6.36. The summed E-state index contributed by atoms with van der Waals surface area (Å²) in [6, 6.07) is 6.49. The van der Waals surface area contributed by atoms with Gasteiger partial charge < -0.3 is 4.90 Å². The Balaban J connectivity index is 2.31. The monoisotopic (exact) mass is 229 g/mol. The first-order chi connectivity index (χ1) is 8.20. The van der Waals surface area contributed by atoms with Crippen LogP contribution < -0.4 is 4.90 Å². The Kier molecular flexibility index (Phi) is 3.63. The molecule has 0 spiro atoms. The second kappa shape index (κ2) is 5.18. The maximum absolute atomic E-state index is 9.01. The van der Waals surface area contributed by atoms with Gasteiger partial charge in [-0.3, -0.25) is 0 Å². The molecule has 1 saturated heterocycles. The van der Waals surface area contributed by atoms with Crippen molar-refractivity contribution in [1.29, 1.82) is 5.26 Å². The summed E-state index contributed by atoms with van der Waals surface area (Å²) in [4.78, 5) is 6.92. The first-order valence-corrected chi connectivity index (χ1v) is 6.36. The molecule has 1 unspecified atom stereocenters. The predicted octanol–water partition coefficient (Wildman–Crippen LogP) is 3.03. The van der Waals surface area contributed by atoms with Gasteiger partial charge >= 0.3 is 0 Å². The summed E-state index contributed by atoms with van der Waals surface area (Å²) in [6.45, 7) is 5.26. The Hall–Kier alpha value is -1.56. The van der Waals surface area contributed by atoms with Gasteiger partial charge in [0.2, 0.25) is 0 Å². The molecule has 3 heteroatoms. The van der Waals surface area contributed by atoms with E-state index < -0.39 is 0 Å². The normalized spacial score (nSPS) is 20.8. The molecular weight excluding hydrogens is 210 g/mol. The summed E-state index contributed by atoms with van der Waals surface area (Å²) in [5, 5.41) is 9.01. The van der Waals surface area contributed by atoms with E-state index in [2.05, 4.69) is 22.9 Å². The van der Waals surface area contributed by atoms with E-state index in [0.29, 0.717) is 11.6 Å². The number of pyridine rings is 1. The molecule has 3 nitrogen and oxygen atoms in total. The van der Waals surface area contributed by atoms with Crippen LogP contribution in [0.3, 0.4) is 0 Å². The van der Waals surface area contributed by atoms with Gasteiger partial charge in [0.15, 0.2) is 0 Å². The zero-order valence-electron chi connectivity index (χ0n) is 10.6. The van der Waals surface area contributed by atoms with Crippen LogP contribution in [0, 0.1) is 18.3 Å². The molecule has 1 atom stereocenters. The maximum atomic E-state index is 9.01. The minimum Gasteiger partial charge on any atom is -0.354 e. The van der Waals surface area contributed by atoms with E-state index in [1.807, 2.05) is 19.1 Å². The number of rotatable bonds is 1. The number of hydrogen-bond acceptors (Lipinski definition) is 3. The Bertz CT molecular complexity index is 434. The molecule has 1 fully saturated rings. The number of aromatic nitrogens is 1. The van der Waals surface area contributed by atoms with Gasteiger partial charge in [0, 0.05) is 18.3 Å². The van der Waals surface area contributed by atoms with Gasteiger partial charge in [-0.1, -0.05) is 12.8 Å². The Labute approximate surface area is 103 Å². The lowest BCUT2D eigenvalue weighted by molar-refractivity contribution is 0.610. The van der Waals surface area contributed by atoms with Gasteiger partial charge in [-0.15, -0.1) is 0 Å². The van der Waals surface area contributed by atoms with Crippen molar-refractivity contribution in [3.05, 3.63) is 23.4 Å². The highest BCUT2D eigenvalue weighted by Crippen LogP contribution is 2.23. The highest BCUT2D eigenvalue weighted by molar-refractivity contribution is 5.47. The fourth-order valence-electron chi connectivity index (χ4n) is 2.48. The molecule has 0 N–H and O–H groups in total. The van der Waals surface area contributed by atoms with Gasteiger partial charge in [-0.05, 0) is 38.8 Å². The van der Waals surface area contributed by atoms with Crippen LogP contribution in [0.1, 0.15) is 43.9 Å². The standard InChI is InChI=1S/C14H19N3/c1-11-8-13(10-15)9-14(16-11)17-7-5-3-4-6-12(17)2/h8-9,12H,3-7H2,1-2H3. The van der Waals surface area contributed by atoms with Crippen LogP contribution in [-0.2, 0) is 0 Å². The molecule has 2 heterocycles. The third-order valence-electron chi connectivity index (χ3n) is 3.42. The van der Waals surface area contributed by atoms with Crippen LogP contribution in [0.4, 0.5) is 5.82 Å². The summed E-state index contributed by atoms with van der Waals surface area (Å²) in [5.74, 6) is 0.968. The van der Waals surface area contributed by atoms with Crippen molar-refractivity contribution in [2.75, 3.05) is 11.4 Å². The van der Waals surface area contributed by atoms with Crippen LogP contribution in [0.5, 0.6) is 0 Å². The Morgan fingerprint density at radius 3 is 2.94 bits per heavy atom. The average molecular weight is 229 g/mol. The maximum Gasteiger partial charge on any atom is 0.130 e.